The fourth-order valence-corrected chi connectivity index (χ4v) is 3.63. The number of hydrogen-bond acceptors (Lipinski definition) is 5. The average Bonchev–Trinajstić information content (AvgIpc) is 3.01. The number of anilines is 1. The molecule has 0 aliphatic carbocycles. The first-order chi connectivity index (χ1) is 10.1. The van der Waals surface area contributed by atoms with Crippen molar-refractivity contribution >= 4 is 22.4 Å². The van der Waals surface area contributed by atoms with Crippen LogP contribution in [0.15, 0.2) is 0 Å². The molecule has 6 heteroatoms. The average molecular weight is 310 g/mol. The molecule has 0 bridgehead atoms. The van der Waals surface area contributed by atoms with E-state index >= 15 is 0 Å². The molecular weight excluding hydrogens is 284 g/mol. The molecule has 0 aromatic carbocycles. The normalized spacial score (nSPS) is 17.8. The zero-order valence-corrected chi connectivity index (χ0v) is 14.1. The summed E-state index contributed by atoms with van der Waals surface area (Å²) in [6.45, 7) is 9.17. The van der Waals surface area contributed by atoms with Gasteiger partial charge in [0.05, 0.1) is 0 Å². The van der Waals surface area contributed by atoms with Crippen LogP contribution in [0.4, 0.5) is 5.13 Å². The Labute approximate surface area is 131 Å². The van der Waals surface area contributed by atoms with Crippen molar-refractivity contribution in [3.63, 3.8) is 0 Å². The molecule has 21 heavy (non-hydrogen) atoms. The Morgan fingerprint density at radius 3 is 2.48 bits per heavy atom. The summed E-state index contributed by atoms with van der Waals surface area (Å²) in [6, 6.07) is 0. The van der Waals surface area contributed by atoms with Gasteiger partial charge in [-0.05, 0) is 24.7 Å². The summed E-state index contributed by atoms with van der Waals surface area (Å²) in [5.41, 5.74) is 0.436. The van der Waals surface area contributed by atoms with Crippen LogP contribution >= 0.6 is 11.3 Å². The number of likely N-dealkylation sites (tertiary alicyclic amines) is 1. The third kappa shape index (κ3) is 3.73. The maximum absolute atomic E-state index is 12.5. The summed E-state index contributed by atoms with van der Waals surface area (Å²) >= 11 is 1.36. The summed E-state index contributed by atoms with van der Waals surface area (Å²) in [5, 5.41) is 12.5. The van der Waals surface area contributed by atoms with E-state index in [0.29, 0.717) is 10.4 Å². The number of rotatable bonds is 6. The molecule has 1 fully saturated rings. The van der Waals surface area contributed by atoms with Crippen LogP contribution in [0, 0.1) is 5.41 Å². The van der Waals surface area contributed by atoms with Gasteiger partial charge >= 0.3 is 0 Å². The molecule has 2 rings (SSSR count). The van der Waals surface area contributed by atoms with Gasteiger partial charge in [-0.25, -0.2) is 0 Å². The number of carbonyl (C=O) groups is 1. The van der Waals surface area contributed by atoms with E-state index < -0.39 is 0 Å². The van der Waals surface area contributed by atoms with Crippen LogP contribution in [-0.2, 0) is 0 Å². The summed E-state index contributed by atoms with van der Waals surface area (Å²) in [4.78, 5) is 14.4. The lowest BCUT2D eigenvalue weighted by Gasteiger charge is -2.40. The standard InChI is InChI=1S/C15H26N4OS/c1-4-9-16-14-18-17-12(21-14)13(20)19-10-7-15(5-2,6-3)8-11-19/h4-11H2,1-3H3,(H,16,18). The van der Waals surface area contributed by atoms with Crippen LogP contribution in [0.5, 0.6) is 0 Å². The number of aromatic nitrogens is 2. The van der Waals surface area contributed by atoms with E-state index in [1.807, 2.05) is 4.90 Å². The van der Waals surface area contributed by atoms with Gasteiger partial charge in [-0.2, -0.15) is 0 Å². The minimum atomic E-state index is 0.0397. The molecule has 1 saturated heterocycles. The van der Waals surface area contributed by atoms with Crippen LogP contribution in [0.25, 0.3) is 0 Å². The van der Waals surface area contributed by atoms with Crippen molar-refractivity contribution < 1.29 is 4.79 Å². The van der Waals surface area contributed by atoms with Crippen LogP contribution in [0.3, 0.4) is 0 Å². The predicted octanol–water partition coefficient (Wildman–Crippen LogP) is 3.40. The lowest BCUT2D eigenvalue weighted by molar-refractivity contribution is 0.0556. The number of carbonyl (C=O) groups excluding carboxylic acids is 1. The highest BCUT2D eigenvalue weighted by atomic mass is 32.1. The van der Waals surface area contributed by atoms with E-state index in [1.54, 1.807) is 0 Å². The van der Waals surface area contributed by atoms with Crippen LogP contribution in [0.2, 0.25) is 0 Å². The van der Waals surface area contributed by atoms with E-state index in [-0.39, 0.29) is 5.91 Å². The molecule has 0 spiro atoms. The van der Waals surface area contributed by atoms with E-state index in [9.17, 15) is 4.79 Å². The monoisotopic (exact) mass is 310 g/mol. The Kier molecular flexibility index (Phi) is 5.56. The third-order valence-electron chi connectivity index (χ3n) is 4.75. The van der Waals surface area contributed by atoms with Crippen LogP contribution < -0.4 is 5.32 Å². The lowest BCUT2D eigenvalue weighted by atomic mass is 9.74. The minimum absolute atomic E-state index is 0.0397. The maximum Gasteiger partial charge on any atom is 0.284 e. The SMILES string of the molecule is CCCNc1nnc(C(=O)N2CCC(CC)(CC)CC2)s1. The van der Waals surface area contributed by atoms with Crippen molar-refractivity contribution in [2.75, 3.05) is 25.0 Å². The fourth-order valence-electron chi connectivity index (χ4n) is 2.89. The first-order valence-electron chi connectivity index (χ1n) is 8.00. The van der Waals surface area contributed by atoms with E-state index in [4.69, 9.17) is 0 Å². The summed E-state index contributed by atoms with van der Waals surface area (Å²) in [5.74, 6) is 0.0397. The van der Waals surface area contributed by atoms with Crippen molar-refractivity contribution in [3.8, 4) is 0 Å². The Balaban J connectivity index is 1.94. The molecule has 118 valence electrons. The molecule has 1 N–H and O–H groups in total. The number of piperidine rings is 1. The van der Waals surface area contributed by atoms with Gasteiger partial charge in [0.15, 0.2) is 0 Å². The Hall–Kier alpha value is -1.17. The van der Waals surface area contributed by atoms with E-state index in [1.165, 1.54) is 24.2 Å². The summed E-state index contributed by atoms with van der Waals surface area (Å²) < 4.78 is 0. The summed E-state index contributed by atoms with van der Waals surface area (Å²) in [7, 11) is 0. The molecule has 0 radical (unpaired) electrons. The molecule has 5 nitrogen and oxygen atoms in total. The number of nitrogens with zero attached hydrogens (tertiary/aromatic N) is 3. The molecule has 1 amide bonds. The largest absolute Gasteiger partial charge is 0.360 e. The Morgan fingerprint density at radius 1 is 1.24 bits per heavy atom. The second-order valence-electron chi connectivity index (χ2n) is 5.84. The molecule has 0 saturated carbocycles. The van der Waals surface area contributed by atoms with Crippen molar-refractivity contribution in [2.24, 2.45) is 5.41 Å². The topological polar surface area (TPSA) is 58.1 Å². The van der Waals surface area contributed by atoms with Gasteiger partial charge in [-0.15, -0.1) is 10.2 Å². The number of nitrogens with one attached hydrogen (secondary N) is 1. The fraction of sp³-hybridized carbons (Fsp3) is 0.800. The third-order valence-corrected chi connectivity index (χ3v) is 5.61. The van der Waals surface area contributed by atoms with Crippen molar-refractivity contribution in [1.29, 1.82) is 0 Å². The molecule has 1 aliphatic heterocycles. The van der Waals surface area contributed by atoms with Gasteiger partial charge in [0.25, 0.3) is 5.91 Å². The zero-order chi connectivity index (χ0) is 15.3. The second kappa shape index (κ2) is 7.20. The summed E-state index contributed by atoms with van der Waals surface area (Å²) in [6.07, 6.45) is 5.65. The first kappa shape index (κ1) is 16.2. The number of hydrogen-bond donors (Lipinski definition) is 1. The molecule has 1 aromatic rings. The lowest BCUT2D eigenvalue weighted by Crippen LogP contribution is -2.42. The minimum Gasteiger partial charge on any atom is -0.360 e. The van der Waals surface area contributed by atoms with Crippen molar-refractivity contribution in [1.82, 2.24) is 15.1 Å². The van der Waals surface area contributed by atoms with E-state index in [0.717, 1.165) is 44.0 Å². The highest BCUT2D eigenvalue weighted by molar-refractivity contribution is 7.17. The first-order valence-corrected chi connectivity index (χ1v) is 8.82. The number of amides is 1. The highest BCUT2D eigenvalue weighted by Gasteiger charge is 2.33. The molecule has 0 unspecified atom stereocenters. The smallest absolute Gasteiger partial charge is 0.284 e. The molecular formula is C15H26N4OS. The van der Waals surface area contributed by atoms with E-state index in [2.05, 4.69) is 36.3 Å². The quantitative estimate of drug-likeness (QED) is 0.875. The van der Waals surface area contributed by atoms with Crippen LogP contribution in [0.1, 0.15) is 62.7 Å². The maximum atomic E-state index is 12.5. The second-order valence-corrected chi connectivity index (χ2v) is 6.82. The van der Waals surface area contributed by atoms with Gasteiger partial charge in [0.2, 0.25) is 10.1 Å². The van der Waals surface area contributed by atoms with Gasteiger partial charge < -0.3 is 10.2 Å². The van der Waals surface area contributed by atoms with Gasteiger partial charge in [0, 0.05) is 19.6 Å². The highest BCUT2D eigenvalue weighted by Crippen LogP contribution is 2.38. The molecule has 0 atom stereocenters. The zero-order valence-electron chi connectivity index (χ0n) is 13.3. The predicted molar refractivity (Wildman–Crippen MR) is 86.8 cm³/mol. The molecule has 1 aromatic heterocycles. The van der Waals surface area contributed by atoms with Crippen molar-refractivity contribution in [2.45, 2.75) is 52.9 Å². The Bertz CT molecular complexity index is 460. The molecule has 1 aliphatic rings. The van der Waals surface area contributed by atoms with Crippen molar-refractivity contribution in [3.05, 3.63) is 5.01 Å². The van der Waals surface area contributed by atoms with Crippen LogP contribution in [-0.4, -0.2) is 40.6 Å². The Morgan fingerprint density at radius 2 is 1.90 bits per heavy atom. The van der Waals surface area contributed by atoms with Gasteiger partial charge in [-0.1, -0.05) is 44.9 Å². The van der Waals surface area contributed by atoms with Gasteiger partial charge in [0.1, 0.15) is 0 Å². The van der Waals surface area contributed by atoms with Gasteiger partial charge in [-0.3, -0.25) is 4.79 Å². The molecule has 2 heterocycles.